The quantitative estimate of drug-likeness (QED) is 0.804. The summed E-state index contributed by atoms with van der Waals surface area (Å²) in [5, 5.41) is 3.23. The van der Waals surface area contributed by atoms with Gasteiger partial charge in [-0.25, -0.2) is 4.79 Å². The monoisotopic (exact) mass is 385 g/mol. The average molecular weight is 386 g/mol. The van der Waals surface area contributed by atoms with Gasteiger partial charge in [0, 0.05) is 17.3 Å². The number of urea groups is 1. The number of amides is 4. The van der Waals surface area contributed by atoms with Crippen LogP contribution in [0.2, 0.25) is 5.02 Å². The number of hydrogen-bond acceptors (Lipinski definition) is 3. The van der Waals surface area contributed by atoms with Gasteiger partial charge in [0.05, 0.1) is 0 Å². The minimum Gasteiger partial charge on any atom is -0.319 e. The molecule has 1 aliphatic heterocycles. The van der Waals surface area contributed by atoms with Crippen molar-refractivity contribution in [1.29, 1.82) is 0 Å². The second-order valence-corrected chi connectivity index (χ2v) is 6.86. The number of nitrogens with one attached hydrogen (secondary N) is 1. The van der Waals surface area contributed by atoms with E-state index in [9.17, 15) is 14.4 Å². The lowest BCUT2D eigenvalue weighted by Gasteiger charge is -2.24. The van der Waals surface area contributed by atoms with Gasteiger partial charge in [-0.2, -0.15) is 0 Å². The molecule has 7 heteroatoms. The number of benzene rings is 2. The molecule has 0 aromatic heterocycles. The van der Waals surface area contributed by atoms with Crippen LogP contribution in [0.15, 0.2) is 54.6 Å². The summed E-state index contributed by atoms with van der Waals surface area (Å²) in [5.74, 6) is -0.792. The predicted molar refractivity (Wildman–Crippen MR) is 104 cm³/mol. The van der Waals surface area contributed by atoms with Crippen LogP contribution in [-0.2, 0) is 15.1 Å². The van der Waals surface area contributed by atoms with Gasteiger partial charge in [-0.1, -0.05) is 41.9 Å². The zero-order valence-electron chi connectivity index (χ0n) is 15.1. The molecule has 0 saturated carbocycles. The van der Waals surface area contributed by atoms with E-state index >= 15 is 0 Å². The highest BCUT2D eigenvalue weighted by Gasteiger charge is 2.49. The van der Waals surface area contributed by atoms with Crippen molar-refractivity contribution in [3.8, 4) is 0 Å². The van der Waals surface area contributed by atoms with Crippen molar-refractivity contribution in [2.75, 3.05) is 18.0 Å². The third-order valence-electron chi connectivity index (χ3n) is 4.68. The van der Waals surface area contributed by atoms with Gasteiger partial charge in [0.15, 0.2) is 0 Å². The van der Waals surface area contributed by atoms with Crippen molar-refractivity contribution in [2.24, 2.45) is 0 Å². The Hall–Kier alpha value is -2.86. The number of halogens is 1. The molecule has 6 nitrogen and oxygen atoms in total. The van der Waals surface area contributed by atoms with Crippen molar-refractivity contribution in [3.63, 3.8) is 0 Å². The summed E-state index contributed by atoms with van der Waals surface area (Å²) in [6.45, 7) is 3.57. The van der Waals surface area contributed by atoms with Crippen molar-refractivity contribution < 1.29 is 14.4 Å². The number of imide groups is 1. The van der Waals surface area contributed by atoms with Gasteiger partial charge in [-0.3, -0.25) is 14.5 Å². The Morgan fingerprint density at radius 3 is 2.33 bits per heavy atom. The molecule has 0 radical (unpaired) electrons. The van der Waals surface area contributed by atoms with Gasteiger partial charge in [-0.15, -0.1) is 0 Å². The fourth-order valence-corrected chi connectivity index (χ4v) is 3.28. The van der Waals surface area contributed by atoms with Crippen molar-refractivity contribution in [2.45, 2.75) is 19.4 Å². The van der Waals surface area contributed by atoms with Crippen LogP contribution in [0.5, 0.6) is 0 Å². The number of para-hydroxylation sites is 1. The molecule has 0 bridgehead atoms. The van der Waals surface area contributed by atoms with E-state index in [4.69, 9.17) is 11.6 Å². The molecule has 1 atom stereocenters. The van der Waals surface area contributed by atoms with Crippen LogP contribution in [-0.4, -0.2) is 35.8 Å². The van der Waals surface area contributed by atoms with Crippen LogP contribution in [0.1, 0.15) is 19.4 Å². The van der Waals surface area contributed by atoms with Crippen LogP contribution in [0.3, 0.4) is 0 Å². The third kappa shape index (κ3) is 3.53. The summed E-state index contributed by atoms with van der Waals surface area (Å²) in [6, 6.07) is 15.2. The Bertz CT molecular complexity index is 870. The fourth-order valence-electron chi connectivity index (χ4n) is 3.15. The summed E-state index contributed by atoms with van der Waals surface area (Å²) in [5.41, 5.74) is 0.0966. The fraction of sp³-hybridized carbons (Fsp3) is 0.250. The lowest BCUT2D eigenvalue weighted by Crippen LogP contribution is -2.44. The second-order valence-electron chi connectivity index (χ2n) is 6.43. The van der Waals surface area contributed by atoms with Crippen LogP contribution in [0.4, 0.5) is 10.5 Å². The van der Waals surface area contributed by atoms with Crippen molar-refractivity contribution >= 4 is 35.1 Å². The number of carbonyl (C=O) groups excluding carboxylic acids is 3. The maximum absolute atomic E-state index is 12.9. The molecule has 1 saturated heterocycles. The van der Waals surface area contributed by atoms with Gasteiger partial charge in [-0.05, 0) is 43.7 Å². The van der Waals surface area contributed by atoms with E-state index in [1.54, 1.807) is 36.1 Å². The van der Waals surface area contributed by atoms with E-state index in [-0.39, 0.29) is 12.5 Å². The van der Waals surface area contributed by atoms with E-state index < -0.39 is 17.5 Å². The molecule has 0 spiro atoms. The van der Waals surface area contributed by atoms with E-state index in [1.165, 1.54) is 0 Å². The van der Waals surface area contributed by atoms with E-state index in [0.29, 0.717) is 17.1 Å². The molecule has 0 unspecified atom stereocenters. The molecule has 1 fully saturated rings. The molecule has 1 N–H and O–H groups in total. The van der Waals surface area contributed by atoms with Crippen LogP contribution < -0.4 is 10.2 Å². The molecule has 27 heavy (non-hydrogen) atoms. The van der Waals surface area contributed by atoms with Gasteiger partial charge in [0.1, 0.15) is 12.1 Å². The molecule has 1 aliphatic rings. The van der Waals surface area contributed by atoms with E-state index in [0.717, 1.165) is 10.6 Å². The molecular formula is C20H20ClN3O3. The first-order valence-electron chi connectivity index (χ1n) is 8.62. The molecule has 140 valence electrons. The number of carbonyl (C=O) groups is 3. The number of likely N-dealkylation sites (N-methyl/N-ethyl adjacent to an activating group) is 1. The molecule has 2 aromatic carbocycles. The number of nitrogens with zero attached hydrogens (tertiary/aromatic N) is 2. The molecule has 2 aromatic rings. The zero-order chi connectivity index (χ0) is 19.6. The maximum Gasteiger partial charge on any atom is 0.325 e. The van der Waals surface area contributed by atoms with E-state index in [1.807, 2.05) is 37.3 Å². The minimum absolute atomic E-state index is 0.323. The summed E-state index contributed by atoms with van der Waals surface area (Å²) in [4.78, 5) is 40.6. The maximum atomic E-state index is 12.9. The number of anilines is 1. The number of hydrogen-bond donors (Lipinski definition) is 1. The highest BCUT2D eigenvalue weighted by molar-refractivity contribution is 6.30. The first-order valence-corrected chi connectivity index (χ1v) is 9.00. The summed E-state index contributed by atoms with van der Waals surface area (Å²) in [6.07, 6.45) is 0. The van der Waals surface area contributed by atoms with Gasteiger partial charge >= 0.3 is 6.03 Å². The highest BCUT2D eigenvalue weighted by Crippen LogP contribution is 2.29. The Balaban J connectivity index is 1.81. The molecular weight excluding hydrogens is 366 g/mol. The van der Waals surface area contributed by atoms with Crippen LogP contribution in [0, 0.1) is 0 Å². The third-order valence-corrected chi connectivity index (χ3v) is 4.93. The van der Waals surface area contributed by atoms with Crippen molar-refractivity contribution in [3.05, 3.63) is 65.2 Å². The second kappa shape index (κ2) is 7.40. The van der Waals surface area contributed by atoms with Gasteiger partial charge < -0.3 is 10.2 Å². The average Bonchev–Trinajstić information content (AvgIpc) is 2.88. The smallest absolute Gasteiger partial charge is 0.319 e. The first kappa shape index (κ1) is 18.9. The highest BCUT2D eigenvalue weighted by atomic mass is 35.5. The minimum atomic E-state index is -1.23. The molecule has 0 aliphatic carbocycles. The van der Waals surface area contributed by atoms with Crippen LogP contribution in [0.25, 0.3) is 0 Å². The number of rotatable bonds is 5. The van der Waals surface area contributed by atoms with Crippen molar-refractivity contribution in [1.82, 2.24) is 10.2 Å². The first-order chi connectivity index (χ1) is 12.9. The Labute approximate surface area is 162 Å². The standard InChI is InChI=1S/C20H20ClN3O3/c1-3-23(16-7-5-4-6-8-16)17(25)13-24-18(26)20(2,22-19(24)27)14-9-11-15(21)12-10-14/h4-12H,3,13H2,1-2H3,(H,22,27)/t20-/m0/s1. The molecule has 3 rings (SSSR count). The summed E-state index contributed by atoms with van der Waals surface area (Å²) >= 11 is 5.90. The predicted octanol–water partition coefficient (Wildman–Crippen LogP) is 3.16. The molecule has 1 heterocycles. The lowest BCUT2D eigenvalue weighted by atomic mass is 9.92. The summed E-state index contributed by atoms with van der Waals surface area (Å²) < 4.78 is 0. The Kier molecular flexibility index (Phi) is 5.19. The SMILES string of the molecule is CCN(C(=O)CN1C(=O)N[C@@](C)(c2ccc(Cl)cc2)C1=O)c1ccccc1. The van der Waals surface area contributed by atoms with Gasteiger partial charge in [0.25, 0.3) is 5.91 Å². The topological polar surface area (TPSA) is 69.7 Å². The van der Waals surface area contributed by atoms with E-state index in [2.05, 4.69) is 5.32 Å². The summed E-state index contributed by atoms with van der Waals surface area (Å²) in [7, 11) is 0. The largest absolute Gasteiger partial charge is 0.325 e. The zero-order valence-corrected chi connectivity index (χ0v) is 15.9. The molecule has 4 amide bonds. The van der Waals surface area contributed by atoms with Crippen LogP contribution >= 0.6 is 11.6 Å². The normalized spacial score (nSPS) is 19.1. The lowest BCUT2D eigenvalue weighted by molar-refractivity contribution is -0.134. The Morgan fingerprint density at radius 2 is 1.74 bits per heavy atom. The Morgan fingerprint density at radius 1 is 1.11 bits per heavy atom. The van der Waals surface area contributed by atoms with Gasteiger partial charge in [0.2, 0.25) is 5.91 Å².